The van der Waals surface area contributed by atoms with E-state index in [1.54, 1.807) is 11.8 Å². The standard InChI is InChI=1S/C13H23N3O4/c1-4-8(2)11(12(18)19)15-13(20)16-6-5-10(7-16)14-9(3)17/h8,10-11H,4-7H2,1-3H3,(H,14,17)(H,15,20)(H,18,19)/t8?,10?,11-/m0/s1. The first-order chi connectivity index (χ1) is 9.35. The second kappa shape index (κ2) is 7.12. The minimum absolute atomic E-state index is 0.0508. The molecule has 1 fully saturated rings. The van der Waals surface area contributed by atoms with Crippen LogP contribution >= 0.6 is 0 Å². The number of nitrogens with one attached hydrogen (secondary N) is 2. The summed E-state index contributed by atoms with van der Waals surface area (Å²) in [6.07, 6.45) is 1.36. The number of aliphatic carboxylic acids is 1. The lowest BCUT2D eigenvalue weighted by atomic mass is 9.99. The Labute approximate surface area is 118 Å². The maximum absolute atomic E-state index is 12.1. The molecule has 0 saturated carbocycles. The fourth-order valence-electron chi connectivity index (χ4n) is 2.26. The lowest BCUT2D eigenvalue weighted by Gasteiger charge is -2.24. The second-order valence-electron chi connectivity index (χ2n) is 5.28. The number of carbonyl (C=O) groups is 3. The van der Waals surface area contributed by atoms with E-state index in [4.69, 9.17) is 5.11 Å². The van der Waals surface area contributed by atoms with Crippen molar-refractivity contribution in [1.29, 1.82) is 0 Å². The van der Waals surface area contributed by atoms with Crippen molar-refractivity contribution in [2.75, 3.05) is 13.1 Å². The molecule has 1 saturated heterocycles. The van der Waals surface area contributed by atoms with E-state index in [2.05, 4.69) is 10.6 Å². The van der Waals surface area contributed by atoms with E-state index in [0.29, 0.717) is 25.9 Å². The van der Waals surface area contributed by atoms with Crippen molar-refractivity contribution < 1.29 is 19.5 Å². The van der Waals surface area contributed by atoms with E-state index in [9.17, 15) is 14.4 Å². The van der Waals surface area contributed by atoms with Gasteiger partial charge in [-0.05, 0) is 12.3 Å². The van der Waals surface area contributed by atoms with Gasteiger partial charge in [-0.2, -0.15) is 0 Å². The van der Waals surface area contributed by atoms with Crippen LogP contribution in [0.5, 0.6) is 0 Å². The van der Waals surface area contributed by atoms with Crippen LogP contribution in [0.4, 0.5) is 4.79 Å². The molecule has 0 aromatic carbocycles. The Morgan fingerprint density at radius 2 is 2.05 bits per heavy atom. The molecule has 3 amide bonds. The molecule has 3 atom stereocenters. The molecule has 1 aliphatic heterocycles. The monoisotopic (exact) mass is 285 g/mol. The summed E-state index contributed by atoms with van der Waals surface area (Å²) in [5, 5.41) is 14.5. The summed E-state index contributed by atoms with van der Waals surface area (Å²) in [7, 11) is 0. The fourth-order valence-corrected chi connectivity index (χ4v) is 2.26. The third-order valence-electron chi connectivity index (χ3n) is 3.64. The van der Waals surface area contributed by atoms with Crippen LogP contribution in [0.2, 0.25) is 0 Å². The summed E-state index contributed by atoms with van der Waals surface area (Å²) in [6.45, 7) is 6.05. The Morgan fingerprint density at radius 1 is 1.40 bits per heavy atom. The molecule has 0 bridgehead atoms. The van der Waals surface area contributed by atoms with Crippen LogP contribution in [0.15, 0.2) is 0 Å². The van der Waals surface area contributed by atoms with Crippen LogP contribution in [0.1, 0.15) is 33.6 Å². The van der Waals surface area contributed by atoms with Crippen molar-refractivity contribution in [3.63, 3.8) is 0 Å². The topological polar surface area (TPSA) is 98.7 Å². The smallest absolute Gasteiger partial charge is 0.326 e. The number of carboxylic acid groups (broad SMARTS) is 1. The molecule has 114 valence electrons. The van der Waals surface area contributed by atoms with Gasteiger partial charge in [0.15, 0.2) is 0 Å². The van der Waals surface area contributed by atoms with Gasteiger partial charge in [-0.25, -0.2) is 9.59 Å². The second-order valence-corrected chi connectivity index (χ2v) is 5.28. The SMILES string of the molecule is CCC(C)[C@H](NC(=O)N1CCC(NC(C)=O)C1)C(=O)O. The van der Waals surface area contributed by atoms with Gasteiger partial charge in [-0.15, -0.1) is 0 Å². The predicted molar refractivity (Wildman–Crippen MR) is 73.2 cm³/mol. The Kier molecular flexibility index (Phi) is 5.79. The van der Waals surface area contributed by atoms with Crippen LogP contribution in [-0.4, -0.2) is 53.1 Å². The van der Waals surface area contributed by atoms with Crippen LogP contribution in [0.3, 0.4) is 0 Å². The highest BCUT2D eigenvalue weighted by atomic mass is 16.4. The average Bonchev–Trinajstić information content (AvgIpc) is 2.82. The average molecular weight is 285 g/mol. The third kappa shape index (κ3) is 4.40. The van der Waals surface area contributed by atoms with Crippen LogP contribution in [0, 0.1) is 5.92 Å². The Bertz CT molecular complexity index is 386. The van der Waals surface area contributed by atoms with Crippen molar-refractivity contribution in [3.8, 4) is 0 Å². The summed E-state index contributed by atoms with van der Waals surface area (Å²) in [4.78, 5) is 35.7. The van der Waals surface area contributed by atoms with Gasteiger partial charge in [-0.1, -0.05) is 20.3 Å². The highest BCUT2D eigenvalue weighted by molar-refractivity contribution is 5.83. The molecule has 7 heteroatoms. The van der Waals surface area contributed by atoms with E-state index in [-0.39, 0.29) is 23.9 Å². The van der Waals surface area contributed by atoms with Crippen molar-refractivity contribution in [2.24, 2.45) is 5.92 Å². The molecule has 20 heavy (non-hydrogen) atoms. The zero-order valence-electron chi connectivity index (χ0n) is 12.2. The first-order valence-corrected chi connectivity index (χ1v) is 6.90. The number of nitrogens with zero attached hydrogens (tertiary/aromatic N) is 1. The zero-order valence-corrected chi connectivity index (χ0v) is 12.2. The van der Waals surface area contributed by atoms with E-state index < -0.39 is 12.0 Å². The molecule has 7 nitrogen and oxygen atoms in total. The quantitative estimate of drug-likeness (QED) is 0.681. The Morgan fingerprint density at radius 3 is 2.55 bits per heavy atom. The summed E-state index contributed by atoms with van der Waals surface area (Å²) in [5.74, 6) is -1.28. The number of hydrogen-bond acceptors (Lipinski definition) is 3. The highest BCUT2D eigenvalue weighted by Crippen LogP contribution is 2.12. The Balaban J connectivity index is 2.54. The molecule has 1 aliphatic rings. The lowest BCUT2D eigenvalue weighted by molar-refractivity contribution is -0.140. The zero-order chi connectivity index (χ0) is 15.3. The van der Waals surface area contributed by atoms with Crippen molar-refractivity contribution >= 4 is 17.9 Å². The molecular formula is C13H23N3O4. The normalized spacial score (nSPS) is 21.1. The van der Waals surface area contributed by atoms with E-state index >= 15 is 0 Å². The van der Waals surface area contributed by atoms with Crippen LogP contribution < -0.4 is 10.6 Å². The first kappa shape index (κ1) is 16.3. The summed E-state index contributed by atoms with van der Waals surface area (Å²) < 4.78 is 0. The minimum Gasteiger partial charge on any atom is -0.480 e. The van der Waals surface area contributed by atoms with Crippen LogP contribution in [-0.2, 0) is 9.59 Å². The van der Waals surface area contributed by atoms with Gasteiger partial charge >= 0.3 is 12.0 Å². The van der Waals surface area contributed by atoms with Crippen molar-refractivity contribution in [1.82, 2.24) is 15.5 Å². The maximum atomic E-state index is 12.1. The number of rotatable bonds is 5. The molecule has 0 aliphatic carbocycles. The predicted octanol–water partition coefficient (Wildman–Crippen LogP) is 0.406. The van der Waals surface area contributed by atoms with Gasteiger partial charge in [0, 0.05) is 26.1 Å². The molecule has 0 aromatic rings. The first-order valence-electron chi connectivity index (χ1n) is 6.90. The van der Waals surface area contributed by atoms with Gasteiger partial charge in [-0.3, -0.25) is 4.79 Å². The van der Waals surface area contributed by atoms with Crippen molar-refractivity contribution in [3.05, 3.63) is 0 Å². The lowest BCUT2D eigenvalue weighted by Crippen LogP contribution is -2.50. The number of carbonyl (C=O) groups excluding carboxylic acids is 2. The van der Waals surface area contributed by atoms with E-state index in [0.717, 1.165) is 0 Å². The molecule has 0 radical (unpaired) electrons. The molecule has 2 unspecified atom stereocenters. The highest BCUT2D eigenvalue weighted by Gasteiger charge is 2.31. The summed E-state index contributed by atoms with van der Waals surface area (Å²) in [5.41, 5.74) is 0. The fraction of sp³-hybridized carbons (Fsp3) is 0.769. The Hall–Kier alpha value is -1.79. The number of hydrogen-bond donors (Lipinski definition) is 3. The number of urea groups is 1. The minimum atomic E-state index is -1.02. The molecule has 1 rings (SSSR count). The molecule has 0 spiro atoms. The van der Waals surface area contributed by atoms with E-state index in [1.165, 1.54) is 6.92 Å². The summed E-state index contributed by atoms with van der Waals surface area (Å²) in [6, 6.07) is -1.32. The largest absolute Gasteiger partial charge is 0.480 e. The van der Waals surface area contributed by atoms with Gasteiger partial charge in [0.2, 0.25) is 5.91 Å². The molecular weight excluding hydrogens is 262 g/mol. The van der Waals surface area contributed by atoms with Gasteiger partial charge in [0.1, 0.15) is 6.04 Å². The van der Waals surface area contributed by atoms with Crippen molar-refractivity contribution in [2.45, 2.75) is 45.7 Å². The number of carboxylic acids is 1. The van der Waals surface area contributed by atoms with Gasteiger partial charge in [0.05, 0.1) is 0 Å². The van der Waals surface area contributed by atoms with E-state index in [1.807, 2.05) is 6.92 Å². The van der Waals surface area contributed by atoms with Gasteiger partial charge in [0.25, 0.3) is 0 Å². The molecule has 3 N–H and O–H groups in total. The summed E-state index contributed by atoms with van der Waals surface area (Å²) >= 11 is 0. The maximum Gasteiger partial charge on any atom is 0.326 e. The van der Waals surface area contributed by atoms with Crippen LogP contribution in [0.25, 0.3) is 0 Å². The molecule has 0 aromatic heterocycles. The van der Waals surface area contributed by atoms with Gasteiger partial charge < -0.3 is 20.6 Å². The number of likely N-dealkylation sites (tertiary alicyclic amines) is 1. The third-order valence-corrected chi connectivity index (χ3v) is 3.64. The number of amides is 3. The molecule has 1 heterocycles.